The second-order valence-corrected chi connectivity index (χ2v) is 7.71. The summed E-state index contributed by atoms with van der Waals surface area (Å²) in [5.74, 6) is 0.654. The summed E-state index contributed by atoms with van der Waals surface area (Å²) in [6.45, 7) is 2.86. The van der Waals surface area contributed by atoms with Crippen molar-refractivity contribution in [3.63, 3.8) is 0 Å². The highest BCUT2D eigenvalue weighted by molar-refractivity contribution is 5.91. The molecule has 4 rings (SSSR count). The lowest BCUT2D eigenvalue weighted by molar-refractivity contribution is -0.116. The first kappa shape index (κ1) is 20.0. The van der Waals surface area contributed by atoms with Crippen LogP contribution in [0.4, 0.5) is 5.69 Å². The van der Waals surface area contributed by atoms with Crippen molar-refractivity contribution in [3.05, 3.63) is 82.6 Å². The topological polar surface area (TPSA) is 78.1 Å². The molecule has 0 radical (unpaired) electrons. The smallest absolute Gasteiger partial charge is 0.264 e. The van der Waals surface area contributed by atoms with Crippen molar-refractivity contribution in [2.24, 2.45) is 0 Å². The molecule has 2 N–H and O–H groups in total. The van der Waals surface area contributed by atoms with Gasteiger partial charge < -0.3 is 10.2 Å². The number of piperidine rings is 1. The van der Waals surface area contributed by atoms with Crippen LogP contribution in [0, 0.1) is 0 Å². The van der Waals surface area contributed by atoms with E-state index in [1.54, 1.807) is 6.07 Å². The minimum absolute atomic E-state index is 0.0232. The fraction of sp³-hybridized carbons (Fsp3) is 0.292. The van der Waals surface area contributed by atoms with Gasteiger partial charge in [-0.2, -0.15) is 5.10 Å². The highest BCUT2D eigenvalue weighted by Gasteiger charge is 2.20. The number of hydrogen-bond donors (Lipinski definition) is 2. The summed E-state index contributed by atoms with van der Waals surface area (Å²) >= 11 is 0. The molecule has 3 aromatic rings. The van der Waals surface area contributed by atoms with Crippen LogP contribution in [-0.4, -0.2) is 40.6 Å². The number of H-pyrrole nitrogens is 1. The number of anilines is 1. The van der Waals surface area contributed by atoms with Gasteiger partial charge in [0.1, 0.15) is 0 Å². The fourth-order valence-corrected chi connectivity index (χ4v) is 3.93. The molecular weight excluding hydrogens is 376 g/mol. The molecule has 30 heavy (non-hydrogen) atoms. The third-order valence-electron chi connectivity index (χ3n) is 5.66. The monoisotopic (exact) mass is 402 g/mol. The summed E-state index contributed by atoms with van der Waals surface area (Å²) < 4.78 is 0. The number of aromatic amines is 1. The minimum Gasteiger partial charge on any atom is -0.326 e. The van der Waals surface area contributed by atoms with Crippen molar-refractivity contribution in [2.75, 3.05) is 25.0 Å². The molecule has 1 aliphatic heterocycles. The van der Waals surface area contributed by atoms with E-state index in [0.29, 0.717) is 18.0 Å². The highest BCUT2D eigenvalue weighted by Crippen LogP contribution is 2.27. The van der Waals surface area contributed by atoms with E-state index in [4.69, 9.17) is 0 Å². The summed E-state index contributed by atoms with van der Waals surface area (Å²) in [5.41, 5.74) is 3.52. The SMILES string of the molecule is O=C(CCN1CCC(c2ccccc2)CC1)Nc1ccc(-c2ccc(=O)[nH]n2)cc1. The van der Waals surface area contributed by atoms with Gasteiger partial charge in [0.15, 0.2) is 0 Å². The van der Waals surface area contributed by atoms with E-state index in [0.717, 1.165) is 43.7 Å². The maximum Gasteiger partial charge on any atom is 0.264 e. The third kappa shape index (κ3) is 5.21. The predicted molar refractivity (Wildman–Crippen MR) is 118 cm³/mol. The van der Waals surface area contributed by atoms with Crippen LogP contribution in [0.5, 0.6) is 0 Å². The first-order chi connectivity index (χ1) is 14.7. The van der Waals surface area contributed by atoms with Gasteiger partial charge in [0, 0.05) is 30.3 Å². The van der Waals surface area contributed by atoms with Crippen LogP contribution in [0.25, 0.3) is 11.3 Å². The van der Waals surface area contributed by atoms with Crippen molar-refractivity contribution in [2.45, 2.75) is 25.2 Å². The van der Waals surface area contributed by atoms with Crippen LogP contribution in [0.3, 0.4) is 0 Å². The molecule has 0 aliphatic carbocycles. The molecule has 0 saturated carbocycles. The molecule has 6 nitrogen and oxygen atoms in total. The van der Waals surface area contributed by atoms with Crippen LogP contribution >= 0.6 is 0 Å². The first-order valence-electron chi connectivity index (χ1n) is 10.4. The predicted octanol–water partition coefficient (Wildman–Crippen LogP) is 3.65. The van der Waals surface area contributed by atoms with Gasteiger partial charge in [0.25, 0.3) is 5.56 Å². The molecule has 154 valence electrons. The fourth-order valence-electron chi connectivity index (χ4n) is 3.93. The van der Waals surface area contributed by atoms with Crippen LogP contribution in [-0.2, 0) is 4.79 Å². The van der Waals surface area contributed by atoms with E-state index in [2.05, 4.69) is 50.7 Å². The van der Waals surface area contributed by atoms with E-state index >= 15 is 0 Å². The standard InChI is InChI=1S/C24H26N4O2/c29-23(14-17-28-15-12-19(13-16-28)18-4-2-1-3-5-18)25-21-8-6-20(7-9-21)22-10-11-24(30)27-26-22/h1-11,19H,12-17H2,(H,25,29)(H,27,30). The van der Waals surface area contributed by atoms with Crippen molar-refractivity contribution < 1.29 is 4.79 Å². The number of rotatable bonds is 6. The van der Waals surface area contributed by atoms with Gasteiger partial charge in [-0.3, -0.25) is 9.59 Å². The lowest BCUT2D eigenvalue weighted by atomic mass is 9.89. The Morgan fingerprint density at radius 3 is 2.40 bits per heavy atom. The second kappa shape index (κ2) is 9.50. The van der Waals surface area contributed by atoms with E-state index in [9.17, 15) is 9.59 Å². The van der Waals surface area contributed by atoms with Gasteiger partial charge in [-0.1, -0.05) is 42.5 Å². The van der Waals surface area contributed by atoms with Crippen molar-refractivity contribution >= 4 is 11.6 Å². The lowest BCUT2D eigenvalue weighted by Gasteiger charge is -2.32. The van der Waals surface area contributed by atoms with Gasteiger partial charge in [-0.15, -0.1) is 0 Å². The Morgan fingerprint density at radius 1 is 1.00 bits per heavy atom. The number of hydrogen-bond acceptors (Lipinski definition) is 4. The number of amides is 1. The third-order valence-corrected chi connectivity index (χ3v) is 5.66. The molecule has 2 aromatic carbocycles. The van der Waals surface area contributed by atoms with E-state index < -0.39 is 0 Å². The molecule has 1 amide bonds. The van der Waals surface area contributed by atoms with Gasteiger partial charge in [0.2, 0.25) is 5.91 Å². The highest BCUT2D eigenvalue weighted by atomic mass is 16.1. The quantitative estimate of drug-likeness (QED) is 0.660. The zero-order chi connectivity index (χ0) is 20.8. The molecule has 0 spiro atoms. The minimum atomic E-state index is -0.230. The summed E-state index contributed by atoms with van der Waals surface area (Å²) in [6.07, 6.45) is 2.77. The second-order valence-electron chi connectivity index (χ2n) is 7.71. The number of likely N-dealkylation sites (tertiary alicyclic amines) is 1. The Balaban J connectivity index is 1.22. The number of carbonyl (C=O) groups excluding carboxylic acids is 1. The number of benzene rings is 2. The Bertz CT molecular complexity index is 1000. The zero-order valence-electron chi connectivity index (χ0n) is 16.9. The van der Waals surface area contributed by atoms with Crippen molar-refractivity contribution in [1.82, 2.24) is 15.1 Å². The van der Waals surface area contributed by atoms with Crippen molar-refractivity contribution in [3.8, 4) is 11.3 Å². The molecule has 0 bridgehead atoms. The largest absolute Gasteiger partial charge is 0.326 e. The van der Waals surface area contributed by atoms with Crippen LogP contribution < -0.4 is 10.9 Å². The van der Waals surface area contributed by atoms with Crippen LogP contribution in [0.1, 0.15) is 30.7 Å². The molecule has 0 unspecified atom stereocenters. The Morgan fingerprint density at radius 2 is 1.73 bits per heavy atom. The summed E-state index contributed by atoms with van der Waals surface area (Å²) in [7, 11) is 0. The zero-order valence-corrected chi connectivity index (χ0v) is 16.9. The Kier molecular flexibility index (Phi) is 6.35. The molecule has 1 saturated heterocycles. The van der Waals surface area contributed by atoms with Gasteiger partial charge in [-0.25, -0.2) is 5.10 Å². The molecular formula is C24H26N4O2. The van der Waals surface area contributed by atoms with Crippen LogP contribution in [0.2, 0.25) is 0 Å². The van der Waals surface area contributed by atoms with Gasteiger partial charge >= 0.3 is 0 Å². The van der Waals surface area contributed by atoms with Crippen LogP contribution in [0.15, 0.2) is 71.5 Å². The molecule has 1 aromatic heterocycles. The number of nitrogens with one attached hydrogen (secondary N) is 2. The molecule has 0 atom stereocenters. The molecule has 6 heteroatoms. The normalized spacial score (nSPS) is 15.1. The molecule has 1 fully saturated rings. The number of carbonyl (C=O) groups is 1. The number of aromatic nitrogens is 2. The van der Waals surface area contributed by atoms with E-state index in [1.165, 1.54) is 11.6 Å². The number of nitrogens with zero attached hydrogens (tertiary/aromatic N) is 2. The van der Waals surface area contributed by atoms with Gasteiger partial charge in [-0.05, 0) is 55.6 Å². The molecule has 2 heterocycles. The molecule has 1 aliphatic rings. The maximum atomic E-state index is 12.3. The first-order valence-corrected chi connectivity index (χ1v) is 10.4. The summed E-state index contributed by atoms with van der Waals surface area (Å²) in [5, 5.41) is 9.40. The lowest BCUT2D eigenvalue weighted by Crippen LogP contribution is -2.35. The summed E-state index contributed by atoms with van der Waals surface area (Å²) in [4.78, 5) is 25.8. The Hall–Kier alpha value is -3.25. The van der Waals surface area contributed by atoms with Crippen molar-refractivity contribution in [1.29, 1.82) is 0 Å². The average Bonchev–Trinajstić information content (AvgIpc) is 2.80. The van der Waals surface area contributed by atoms with E-state index in [-0.39, 0.29) is 11.5 Å². The average molecular weight is 402 g/mol. The maximum absolute atomic E-state index is 12.3. The Labute approximate surface area is 175 Å². The van der Waals surface area contributed by atoms with Gasteiger partial charge in [0.05, 0.1) is 5.69 Å². The summed E-state index contributed by atoms with van der Waals surface area (Å²) in [6, 6.07) is 21.3. The van der Waals surface area contributed by atoms with E-state index in [1.807, 2.05) is 24.3 Å².